The van der Waals surface area contributed by atoms with E-state index in [0.717, 1.165) is 44.5 Å². The number of rotatable bonds is 4. The van der Waals surface area contributed by atoms with E-state index in [0.29, 0.717) is 5.92 Å². The first-order valence-electron chi connectivity index (χ1n) is 6.30. The van der Waals surface area contributed by atoms with Crippen molar-refractivity contribution in [3.8, 4) is 0 Å². The van der Waals surface area contributed by atoms with Crippen molar-refractivity contribution in [2.24, 2.45) is 11.8 Å². The van der Waals surface area contributed by atoms with Crippen LogP contribution >= 0.6 is 0 Å². The third-order valence-electron chi connectivity index (χ3n) is 3.66. The van der Waals surface area contributed by atoms with E-state index in [1.807, 2.05) is 0 Å². The fourth-order valence-corrected chi connectivity index (χ4v) is 2.58. The molecule has 1 N–H and O–H groups in total. The molecule has 5 nitrogen and oxygen atoms in total. The Labute approximate surface area is 101 Å². The summed E-state index contributed by atoms with van der Waals surface area (Å²) < 4.78 is 2.10. The van der Waals surface area contributed by atoms with Gasteiger partial charge in [0, 0.05) is 13.0 Å². The van der Waals surface area contributed by atoms with Crippen molar-refractivity contribution in [2.45, 2.75) is 45.6 Å². The Morgan fingerprint density at radius 1 is 1.47 bits per heavy atom. The van der Waals surface area contributed by atoms with Crippen molar-refractivity contribution in [1.29, 1.82) is 0 Å². The number of nitrogens with zero attached hydrogens (tertiary/aromatic N) is 3. The molecule has 1 aromatic heterocycles. The van der Waals surface area contributed by atoms with E-state index in [1.54, 1.807) is 6.33 Å². The molecule has 94 valence electrons. The summed E-state index contributed by atoms with van der Waals surface area (Å²) in [6.07, 6.45) is 6.29. The van der Waals surface area contributed by atoms with E-state index in [1.165, 1.54) is 0 Å². The summed E-state index contributed by atoms with van der Waals surface area (Å²) in [4.78, 5) is 10.9. The number of aromatic nitrogens is 3. The zero-order valence-corrected chi connectivity index (χ0v) is 10.2. The van der Waals surface area contributed by atoms with Crippen molar-refractivity contribution < 1.29 is 9.90 Å². The second kappa shape index (κ2) is 5.29. The molecule has 0 bridgehead atoms. The Kier molecular flexibility index (Phi) is 3.76. The van der Waals surface area contributed by atoms with Gasteiger partial charge in [-0.3, -0.25) is 4.79 Å². The lowest BCUT2D eigenvalue weighted by atomic mass is 9.82. The van der Waals surface area contributed by atoms with Gasteiger partial charge in [-0.2, -0.15) is 0 Å². The second-order valence-corrected chi connectivity index (χ2v) is 4.81. The van der Waals surface area contributed by atoms with E-state index in [9.17, 15) is 4.79 Å². The highest BCUT2D eigenvalue weighted by Crippen LogP contribution is 2.30. The van der Waals surface area contributed by atoms with Gasteiger partial charge in [0.25, 0.3) is 0 Å². The molecule has 17 heavy (non-hydrogen) atoms. The summed E-state index contributed by atoms with van der Waals surface area (Å²) in [5.41, 5.74) is 0. The van der Waals surface area contributed by atoms with Crippen LogP contribution in [0.4, 0.5) is 0 Å². The van der Waals surface area contributed by atoms with Gasteiger partial charge in [-0.25, -0.2) is 0 Å². The molecule has 0 aliphatic heterocycles. The summed E-state index contributed by atoms with van der Waals surface area (Å²) in [5.74, 6) is 0.831. The maximum Gasteiger partial charge on any atom is 0.306 e. The largest absolute Gasteiger partial charge is 0.481 e. The van der Waals surface area contributed by atoms with Crippen LogP contribution in [0.2, 0.25) is 0 Å². The molecular weight excluding hydrogens is 218 g/mol. The maximum atomic E-state index is 10.9. The normalized spacial score (nSPS) is 24.8. The topological polar surface area (TPSA) is 68.0 Å². The van der Waals surface area contributed by atoms with E-state index < -0.39 is 5.97 Å². The molecule has 0 unspecified atom stereocenters. The van der Waals surface area contributed by atoms with Crippen LogP contribution in [0.15, 0.2) is 6.33 Å². The minimum Gasteiger partial charge on any atom is -0.481 e. The summed E-state index contributed by atoms with van der Waals surface area (Å²) >= 11 is 0. The van der Waals surface area contributed by atoms with Gasteiger partial charge in [-0.1, -0.05) is 6.92 Å². The van der Waals surface area contributed by atoms with Crippen molar-refractivity contribution >= 4 is 5.97 Å². The Balaban J connectivity index is 1.88. The first-order chi connectivity index (χ1) is 8.20. The predicted molar refractivity (Wildman–Crippen MR) is 62.5 cm³/mol. The molecule has 1 aromatic rings. The first-order valence-corrected chi connectivity index (χ1v) is 6.30. The SMILES string of the molecule is CCc1nncn1CC1CCC(C(=O)O)CC1. The minimum absolute atomic E-state index is 0.127. The molecule has 0 aromatic carbocycles. The molecule has 1 fully saturated rings. The Morgan fingerprint density at radius 2 is 2.18 bits per heavy atom. The first kappa shape index (κ1) is 12.1. The van der Waals surface area contributed by atoms with Crippen molar-refractivity contribution in [3.63, 3.8) is 0 Å². The molecule has 0 atom stereocenters. The number of hydrogen-bond donors (Lipinski definition) is 1. The lowest BCUT2D eigenvalue weighted by Crippen LogP contribution is -2.24. The Hall–Kier alpha value is -1.39. The number of aryl methyl sites for hydroxylation is 1. The molecule has 0 saturated heterocycles. The second-order valence-electron chi connectivity index (χ2n) is 4.81. The maximum absolute atomic E-state index is 10.9. The van der Waals surface area contributed by atoms with Crippen molar-refractivity contribution in [2.75, 3.05) is 0 Å². The van der Waals surface area contributed by atoms with Crippen LogP contribution in [0.25, 0.3) is 0 Å². The van der Waals surface area contributed by atoms with E-state index in [2.05, 4.69) is 21.7 Å². The molecule has 1 aliphatic carbocycles. The van der Waals surface area contributed by atoms with Gasteiger partial charge < -0.3 is 9.67 Å². The number of carbonyl (C=O) groups is 1. The summed E-state index contributed by atoms with van der Waals surface area (Å²) in [5, 5.41) is 16.9. The molecule has 0 amide bonds. The van der Waals surface area contributed by atoms with Crippen molar-refractivity contribution in [3.05, 3.63) is 12.2 Å². The Bertz CT molecular complexity index is 381. The number of hydrogen-bond acceptors (Lipinski definition) is 3. The third kappa shape index (κ3) is 2.84. The fourth-order valence-electron chi connectivity index (χ4n) is 2.58. The van der Waals surface area contributed by atoms with Crippen LogP contribution in [-0.4, -0.2) is 25.8 Å². The molecular formula is C12H19N3O2. The van der Waals surface area contributed by atoms with Crippen LogP contribution in [0, 0.1) is 11.8 Å². The monoisotopic (exact) mass is 237 g/mol. The summed E-state index contributed by atoms with van der Waals surface area (Å²) in [7, 11) is 0. The molecule has 0 spiro atoms. The van der Waals surface area contributed by atoms with Crippen LogP contribution in [0.3, 0.4) is 0 Å². The highest BCUT2D eigenvalue weighted by atomic mass is 16.4. The molecule has 2 rings (SSSR count). The van der Waals surface area contributed by atoms with Crippen LogP contribution in [-0.2, 0) is 17.8 Å². The molecule has 1 heterocycles. The van der Waals surface area contributed by atoms with Gasteiger partial charge in [0.15, 0.2) is 0 Å². The number of carboxylic acid groups (broad SMARTS) is 1. The van der Waals surface area contributed by atoms with Gasteiger partial charge in [0.2, 0.25) is 0 Å². The van der Waals surface area contributed by atoms with Crippen LogP contribution < -0.4 is 0 Å². The van der Waals surface area contributed by atoms with Crippen molar-refractivity contribution in [1.82, 2.24) is 14.8 Å². The molecule has 1 aliphatic rings. The number of aliphatic carboxylic acids is 1. The van der Waals surface area contributed by atoms with Gasteiger partial charge in [0.05, 0.1) is 5.92 Å². The zero-order chi connectivity index (χ0) is 12.3. The highest BCUT2D eigenvalue weighted by Gasteiger charge is 2.26. The minimum atomic E-state index is -0.637. The number of carboxylic acids is 1. The van der Waals surface area contributed by atoms with Gasteiger partial charge in [0.1, 0.15) is 12.2 Å². The van der Waals surface area contributed by atoms with Gasteiger partial charge >= 0.3 is 5.97 Å². The van der Waals surface area contributed by atoms with E-state index in [-0.39, 0.29) is 5.92 Å². The smallest absolute Gasteiger partial charge is 0.306 e. The molecule has 5 heteroatoms. The summed E-state index contributed by atoms with van der Waals surface area (Å²) in [6.45, 7) is 3.00. The van der Waals surface area contributed by atoms with Crippen LogP contribution in [0.5, 0.6) is 0 Å². The Morgan fingerprint density at radius 3 is 2.76 bits per heavy atom. The third-order valence-corrected chi connectivity index (χ3v) is 3.66. The quantitative estimate of drug-likeness (QED) is 0.866. The predicted octanol–water partition coefficient (Wildman–Crippen LogP) is 1.73. The molecule has 0 radical (unpaired) electrons. The highest BCUT2D eigenvalue weighted by molar-refractivity contribution is 5.69. The lowest BCUT2D eigenvalue weighted by molar-refractivity contribution is -0.143. The lowest BCUT2D eigenvalue weighted by Gasteiger charge is -2.26. The molecule has 1 saturated carbocycles. The standard InChI is InChI=1S/C12H19N3O2/c1-2-11-14-13-8-15(11)7-9-3-5-10(6-4-9)12(16)17/h8-10H,2-7H2,1H3,(H,16,17). The van der Waals surface area contributed by atoms with Crippen LogP contribution in [0.1, 0.15) is 38.4 Å². The average molecular weight is 237 g/mol. The van der Waals surface area contributed by atoms with Gasteiger partial charge in [-0.05, 0) is 31.6 Å². The van der Waals surface area contributed by atoms with Gasteiger partial charge in [-0.15, -0.1) is 10.2 Å². The average Bonchev–Trinajstić information content (AvgIpc) is 2.77. The zero-order valence-electron chi connectivity index (χ0n) is 10.2. The van der Waals surface area contributed by atoms with E-state index in [4.69, 9.17) is 5.11 Å². The fraction of sp³-hybridized carbons (Fsp3) is 0.750. The summed E-state index contributed by atoms with van der Waals surface area (Å²) in [6, 6.07) is 0. The van der Waals surface area contributed by atoms with E-state index >= 15 is 0 Å².